The van der Waals surface area contributed by atoms with Gasteiger partial charge in [-0.1, -0.05) is 12.1 Å². The van der Waals surface area contributed by atoms with Crippen molar-refractivity contribution in [2.75, 3.05) is 32.8 Å². The van der Waals surface area contributed by atoms with Gasteiger partial charge in [-0.05, 0) is 19.3 Å². The number of hydrogen-bond acceptors (Lipinski definition) is 5. The van der Waals surface area contributed by atoms with Crippen LogP contribution in [0, 0.1) is 0 Å². The lowest BCUT2D eigenvalue weighted by atomic mass is 10.3. The van der Waals surface area contributed by atoms with Gasteiger partial charge < -0.3 is 14.2 Å². The van der Waals surface area contributed by atoms with Gasteiger partial charge in [-0.2, -0.15) is 0 Å². The zero-order valence-electron chi connectivity index (χ0n) is 12.6. The second-order valence-corrected chi connectivity index (χ2v) is 5.80. The standard InChI is InChI=1S/C15H23N3O3/c1-2-5-18(12-3-4-12)15(19)14-10-13(21-16-14)11-17-6-8-20-9-7-17/h10,12H,2-9,11H2,1H3. The van der Waals surface area contributed by atoms with Crippen LogP contribution in [0.25, 0.3) is 0 Å². The minimum atomic E-state index is 0.0105. The number of hydrogen-bond donors (Lipinski definition) is 0. The van der Waals surface area contributed by atoms with Crippen molar-refractivity contribution >= 4 is 5.91 Å². The number of rotatable bonds is 6. The first-order chi connectivity index (χ1) is 10.3. The van der Waals surface area contributed by atoms with E-state index < -0.39 is 0 Å². The minimum absolute atomic E-state index is 0.0105. The maximum Gasteiger partial charge on any atom is 0.276 e. The molecule has 1 saturated heterocycles. The largest absolute Gasteiger partial charge is 0.379 e. The van der Waals surface area contributed by atoms with E-state index in [9.17, 15) is 4.79 Å². The SMILES string of the molecule is CCCN(C(=O)c1cc(CN2CCOCC2)on1)C1CC1. The van der Waals surface area contributed by atoms with E-state index in [1.165, 1.54) is 0 Å². The molecule has 1 aromatic heterocycles. The van der Waals surface area contributed by atoms with Crippen LogP contribution in [0.5, 0.6) is 0 Å². The third-order valence-corrected chi connectivity index (χ3v) is 3.97. The van der Waals surface area contributed by atoms with Gasteiger partial charge in [0, 0.05) is 31.7 Å². The van der Waals surface area contributed by atoms with Crippen molar-refractivity contribution in [1.82, 2.24) is 15.0 Å². The molecular weight excluding hydrogens is 270 g/mol. The first-order valence-electron chi connectivity index (χ1n) is 7.84. The molecule has 6 nitrogen and oxygen atoms in total. The quantitative estimate of drug-likeness (QED) is 0.796. The van der Waals surface area contributed by atoms with Gasteiger partial charge in [0.15, 0.2) is 11.5 Å². The second-order valence-electron chi connectivity index (χ2n) is 5.80. The maximum atomic E-state index is 12.5. The highest BCUT2D eigenvalue weighted by Crippen LogP contribution is 2.28. The molecule has 0 bridgehead atoms. The molecule has 2 heterocycles. The molecule has 1 aliphatic carbocycles. The van der Waals surface area contributed by atoms with E-state index >= 15 is 0 Å². The Morgan fingerprint density at radius 3 is 2.86 bits per heavy atom. The first kappa shape index (κ1) is 14.5. The van der Waals surface area contributed by atoms with E-state index in [0.717, 1.165) is 57.9 Å². The van der Waals surface area contributed by atoms with Crippen LogP contribution in [0.15, 0.2) is 10.6 Å². The fraction of sp³-hybridized carbons (Fsp3) is 0.733. The summed E-state index contributed by atoms with van der Waals surface area (Å²) < 4.78 is 10.7. The summed E-state index contributed by atoms with van der Waals surface area (Å²) in [6, 6.07) is 2.21. The molecule has 21 heavy (non-hydrogen) atoms. The molecule has 0 atom stereocenters. The molecule has 0 spiro atoms. The van der Waals surface area contributed by atoms with Crippen molar-refractivity contribution in [3.63, 3.8) is 0 Å². The Morgan fingerprint density at radius 1 is 1.43 bits per heavy atom. The van der Waals surface area contributed by atoms with Crippen LogP contribution in [0.2, 0.25) is 0 Å². The number of nitrogens with zero attached hydrogens (tertiary/aromatic N) is 3. The van der Waals surface area contributed by atoms with Gasteiger partial charge in [-0.15, -0.1) is 0 Å². The van der Waals surface area contributed by atoms with Crippen molar-refractivity contribution in [1.29, 1.82) is 0 Å². The molecule has 3 rings (SSSR count). The van der Waals surface area contributed by atoms with Crippen LogP contribution in [-0.4, -0.2) is 59.8 Å². The third kappa shape index (κ3) is 3.63. The van der Waals surface area contributed by atoms with Gasteiger partial charge in [0.1, 0.15) is 0 Å². The fourth-order valence-electron chi connectivity index (χ4n) is 2.69. The van der Waals surface area contributed by atoms with Gasteiger partial charge in [-0.25, -0.2) is 0 Å². The number of carbonyl (C=O) groups is 1. The molecule has 1 aromatic rings. The van der Waals surface area contributed by atoms with Gasteiger partial charge in [0.2, 0.25) is 0 Å². The summed E-state index contributed by atoms with van der Waals surface area (Å²) in [6.45, 7) is 6.89. The Balaban J connectivity index is 1.61. The first-order valence-corrected chi connectivity index (χ1v) is 7.84. The molecule has 1 saturated carbocycles. The highest BCUT2D eigenvalue weighted by Gasteiger charge is 2.33. The smallest absolute Gasteiger partial charge is 0.276 e. The normalized spacial score (nSPS) is 19.7. The van der Waals surface area contributed by atoms with Gasteiger partial charge >= 0.3 is 0 Å². The summed E-state index contributed by atoms with van der Waals surface area (Å²) >= 11 is 0. The van der Waals surface area contributed by atoms with Crippen LogP contribution in [0.4, 0.5) is 0 Å². The zero-order chi connectivity index (χ0) is 14.7. The molecular formula is C15H23N3O3. The van der Waals surface area contributed by atoms with Crippen LogP contribution >= 0.6 is 0 Å². The van der Waals surface area contributed by atoms with Gasteiger partial charge in [-0.3, -0.25) is 9.69 Å². The monoisotopic (exact) mass is 293 g/mol. The minimum Gasteiger partial charge on any atom is -0.379 e. The van der Waals surface area contributed by atoms with E-state index in [1.807, 2.05) is 4.90 Å². The number of carbonyl (C=O) groups excluding carboxylic acids is 1. The molecule has 1 amide bonds. The Labute approximate surface area is 125 Å². The van der Waals surface area contributed by atoms with Crippen LogP contribution < -0.4 is 0 Å². The molecule has 0 aromatic carbocycles. The predicted molar refractivity (Wildman–Crippen MR) is 76.9 cm³/mol. The highest BCUT2D eigenvalue weighted by molar-refractivity contribution is 5.92. The average Bonchev–Trinajstić information content (AvgIpc) is 3.24. The van der Waals surface area contributed by atoms with Crippen molar-refractivity contribution in [3.05, 3.63) is 17.5 Å². The van der Waals surface area contributed by atoms with E-state index in [-0.39, 0.29) is 5.91 Å². The Kier molecular flexibility index (Phi) is 4.55. The highest BCUT2D eigenvalue weighted by atomic mass is 16.5. The fourth-order valence-corrected chi connectivity index (χ4v) is 2.69. The van der Waals surface area contributed by atoms with Gasteiger partial charge in [0.05, 0.1) is 19.8 Å². The molecule has 116 valence electrons. The van der Waals surface area contributed by atoms with Crippen LogP contribution in [-0.2, 0) is 11.3 Å². The van der Waals surface area contributed by atoms with E-state index in [0.29, 0.717) is 18.3 Å². The van der Waals surface area contributed by atoms with E-state index in [4.69, 9.17) is 9.26 Å². The van der Waals surface area contributed by atoms with Crippen LogP contribution in [0.3, 0.4) is 0 Å². The summed E-state index contributed by atoms with van der Waals surface area (Å²) in [7, 11) is 0. The Hall–Kier alpha value is -1.40. The molecule has 2 fully saturated rings. The van der Waals surface area contributed by atoms with E-state index in [2.05, 4.69) is 17.0 Å². The van der Waals surface area contributed by atoms with Crippen LogP contribution in [0.1, 0.15) is 42.4 Å². The average molecular weight is 293 g/mol. The Morgan fingerprint density at radius 2 is 2.19 bits per heavy atom. The van der Waals surface area contributed by atoms with Crippen molar-refractivity contribution in [2.24, 2.45) is 0 Å². The maximum absolute atomic E-state index is 12.5. The van der Waals surface area contributed by atoms with Crippen molar-refractivity contribution < 1.29 is 14.1 Å². The molecule has 1 aliphatic heterocycles. The predicted octanol–water partition coefficient (Wildman–Crippen LogP) is 1.52. The summed E-state index contributed by atoms with van der Waals surface area (Å²) in [5, 5.41) is 3.97. The van der Waals surface area contributed by atoms with Crippen molar-refractivity contribution in [3.8, 4) is 0 Å². The summed E-state index contributed by atoms with van der Waals surface area (Å²) in [4.78, 5) is 16.7. The lowest BCUT2D eigenvalue weighted by molar-refractivity contribution is 0.0305. The molecule has 0 radical (unpaired) electrons. The summed E-state index contributed by atoms with van der Waals surface area (Å²) in [5.74, 6) is 0.767. The number of morpholine rings is 1. The molecule has 0 N–H and O–H groups in total. The third-order valence-electron chi connectivity index (χ3n) is 3.97. The lowest BCUT2D eigenvalue weighted by Gasteiger charge is -2.25. The van der Waals surface area contributed by atoms with E-state index in [1.54, 1.807) is 6.07 Å². The lowest BCUT2D eigenvalue weighted by Crippen LogP contribution is -2.35. The Bertz CT molecular complexity index is 478. The molecule has 0 unspecified atom stereocenters. The molecule has 6 heteroatoms. The number of aromatic nitrogens is 1. The van der Waals surface area contributed by atoms with Gasteiger partial charge in [0.25, 0.3) is 5.91 Å². The zero-order valence-corrected chi connectivity index (χ0v) is 12.6. The number of amides is 1. The number of ether oxygens (including phenoxy) is 1. The summed E-state index contributed by atoms with van der Waals surface area (Å²) in [5.41, 5.74) is 0.443. The second kappa shape index (κ2) is 6.58. The topological polar surface area (TPSA) is 58.8 Å². The summed E-state index contributed by atoms with van der Waals surface area (Å²) in [6.07, 6.45) is 3.20. The molecule has 2 aliphatic rings. The van der Waals surface area contributed by atoms with Crippen molar-refractivity contribution in [2.45, 2.75) is 38.8 Å².